The van der Waals surface area contributed by atoms with Gasteiger partial charge in [-0.05, 0) is 37.5 Å². The van der Waals surface area contributed by atoms with Crippen molar-refractivity contribution in [3.8, 4) is 0 Å². The summed E-state index contributed by atoms with van der Waals surface area (Å²) >= 11 is 0. The molecule has 1 saturated heterocycles. The van der Waals surface area contributed by atoms with Crippen LogP contribution < -0.4 is 5.73 Å². The first kappa shape index (κ1) is 14.0. The van der Waals surface area contributed by atoms with Crippen LogP contribution in [-0.2, 0) is 11.3 Å². The summed E-state index contributed by atoms with van der Waals surface area (Å²) in [6.07, 6.45) is 1.76. The number of rotatable bonds is 3. The Morgan fingerprint density at radius 3 is 3.00 bits per heavy atom. The van der Waals surface area contributed by atoms with Gasteiger partial charge in [0.2, 0.25) is 0 Å². The molecule has 2 unspecified atom stereocenters. The number of benzene rings is 1. The molecule has 1 fully saturated rings. The van der Waals surface area contributed by atoms with Crippen molar-refractivity contribution >= 4 is 5.91 Å². The third-order valence-electron chi connectivity index (χ3n) is 3.66. The van der Waals surface area contributed by atoms with Crippen LogP contribution in [0.15, 0.2) is 24.3 Å². The maximum atomic E-state index is 12.5. The monoisotopic (exact) mass is 262 g/mol. The van der Waals surface area contributed by atoms with Crippen LogP contribution in [0.25, 0.3) is 0 Å². The minimum absolute atomic E-state index is 0.0948. The molecule has 104 valence electrons. The number of methoxy groups -OCH3 is 1. The molecule has 0 radical (unpaired) electrons. The van der Waals surface area contributed by atoms with Gasteiger partial charge in [-0.3, -0.25) is 4.79 Å². The Labute approximate surface area is 114 Å². The number of likely N-dealkylation sites (tertiary alicyclic amines) is 1. The van der Waals surface area contributed by atoms with Crippen molar-refractivity contribution in [3.05, 3.63) is 35.4 Å². The van der Waals surface area contributed by atoms with E-state index in [9.17, 15) is 4.79 Å². The highest BCUT2D eigenvalue weighted by molar-refractivity contribution is 5.94. The molecule has 0 aromatic heterocycles. The normalized spacial score (nSPS) is 23.4. The van der Waals surface area contributed by atoms with Crippen LogP contribution in [0.2, 0.25) is 0 Å². The average molecular weight is 262 g/mol. The van der Waals surface area contributed by atoms with Gasteiger partial charge < -0.3 is 15.4 Å². The lowest BCUT2D eigenvalue weighted by molar-refractivity contribution is 0.0618. The second-order valence-electron chi connectivity index (χ2n) is 5.27. The number of nitrogens with zero attached hydrogens (tertiary/aromatic N) is 1. The van der Waals surface area contributed by atoms with Crippen LogP contribution in [0, 0.1) is 0 Å². The maximum Gasteiger partial charge on any atom is 0.254 e. The molecule has 2 rings (SSSR count). The van der Waals surface area contributed by atoms with Crippen LogP contribution in [0.3, 0.4) is 0 Å². The highest BCUT2D eigenvalue weighted by atomic mass is 16.5. The topological polar surface area (TPSA) is 55.6 Å². The van der Waals surface area contributed by atoms with Gasteiger partial charge >= 0.3 is 0 Å². The molecule has 0 bridgehead atoms. The Morgan fingerprint density at radius 1 is 1.53 bits per heavy atom. The van der Waals surface area contributed by atoms with Crippen molar-refractivity contribution in [3.63, 3.8) is 0 Å². The third kappa shape index (κ3) is 3.33. The van der Waals surface area contributed by atoms with Crippen molar-refractivity contribution < 1.29 is 9.53 Å². The Balaban J connectivity index is 2.12. The van der Waals surface area contributed by atoms with E-state index in [0.29, 0.717) is 6.61 Å². The van der Waals surface area contributed by atoms with Crippen molar-refractivity contribution in [2.45, 2.75) is 38.5 Å². The summed E-state index contributed by atoms with van der Waals surface area (Å²) in [5, 5.41) is 0. The van der Waals surface area contributed by atoms with Gasteiger partial charge in [-0.15, -0.1) is 0 Å². The number of hydrogen-bond donors (Lipinski definition) is 1. The minimum Gasteiger partial charge on any atom is -0.380 e. The van der Waals surface area contributed by atoms with E-state index >= 15 is 0 Å². The Kier molecular flexibility index (Phi) is 4.56. The predicted octanol–water partition coefficient (Wildman–Crippen LogP) is 1.78. The van der Waals surface area contributed by atoms with Crippen molar-refractivity contribution in [1.29, 1.82) is 0 Å². The van der Waals surface area contributed by atoms with Gasteiger partial charge in [-0.25, -0.2) is 0 Å². The predicted molar refractivity (Wildman–Crippen MR) is 74.9 cm³/mol. The molecule has 0 saturated carbocycles. The number of piperidine rings is 1. The molecule has 4 nitrogen and oxygen atoms in total. The summed E-state index contributed by atoms with van der Waals surface area (Å²) in [4.78, 5) is 14.4. The van der Waals surface area contributed by atoms with Crippen molar-refractivity contribution in [1.82, 2.24) is 4.90 Å². The maximum absolute atomic E-state index is 12.5. The summed E-state index contributed by atoms with van der Waals surface area (Å²) in [5.74, 6) is 0.0948. The van der Waals surface area contributed by atoms with Gasteiger partial charge in [0.25, 0.3) is 5.91 Å². The third-order valence-corrected chi connectivity index (χ3v) is 3.66. The van der Waals surface area contributed by atoms with Gasteiger partial charge in [0.05, 0.1) is 6.61 Å². The van der Waals surface area contributed by atoms with E-state index in [0.717, 1.165) is 30.5 Å². The molecule has 0 aliphatic carbocycles. The highest BCUT2D eigenvalue weighted by Gasteiger charge is 2.27. The first-order chi connectivity index (χ1) is 9.11. The van der Waals surface area contributed by atoms with Crippen LogP contribution in [0.5, 0.6) is 0 Å². The SMILES string of the molecule is COCc1cccc(C(=O)N2CCC(N)CC2C)c1. The van der Waals surface area contributed by atoms with Crippen molar-refractivity contribution in [2.75, 3.05) is 13.7 Å². The molecule has 1 aromatic carbocycles. The Hall–Kier alpha value is -1.39. The van der Waals surface area contributed by atoms with E-state index in [1.165, 1.54) is 0 Å². The lowest BCUT2D eigenvalue weighted by atomic mass is 9.98. The fourth-order valence-electron chi connectivity index (χ4n) is 2.64. The molecule has 1 amide bonds. The van der Waals surface area contributed by atoms with E-state index in [1.54, 1.807) is 7.11 Å². The summed E-state index contributed by atoms with van der Waals surface area (Å²) in [6, 6.07) is 8.08. The molecule has 4 heteroatoms. The summed E-state index contributed by atoms with van der Waals surface area (Å²) in [5.41, 5.74) is 7.69. The van der Waals surface area contributed by atoms with Gasteiger partial charge in [0.1, 0.15) is 0 Å². The highest BCUT2D eigenvalue weighted by Crippen LogP contribution is 2.19. The lowest BCUT2D eigenvalue weighted by Gasteiger charge is -2.36. The van der Waals surface area contributed by atoms with Crippen LogP contribution >= 0.6 is 0 Å². The Morgan fingerprint density at radius 2 is 2.32 bits per heavy atom. The number of carbonyl (C=O) groups is 1. The minimum atomic E-state index is 0.0948. The molecule has 1 aliphatic rings. The van der Waals surface area contributed by atoms with Gasteiger partial charge in [-0.1, -0.05) is 12.1 Å². The second kappa shape index (κ2) is 6.17. The fourth-order valence-corrected chi connectivity index (χ4v) is 2.64. The van der Waals surface area contributed by atoms with E-state index in [1.807, 2.05) is 29.2 Å². The number of amides is 1. The first-order valence-electron chi connectivity index (χ1n) is 6.76. The van der Waals surface area contributed by atoms with Crippen LogP contribution in [0.1, 0.15) is 35.7 Å². The number of nitrogens with two attached hydrogens (primary N) is 1. The van der Waals surface area contributed by atoms with Crippen LogP contribution in [0.4, 0.5) is 0 Å². The molecule has 2 atom stereocenters. The second-order valence-corrected chi connectivity index (χ2v) is 5.27. The zero-order valence-corrected chi connectivity index (χ0v) is 11.6. The smallest absolute Gasteiger partial charge is 0.254 e. The van der Waals surface area contributed by atoms with Crippen molar-refractivity contribution in [2.24, 2.45) is 5.73 Å². The first-order valence-corrected chi connectivity index (χ1v) is 6.76. The van der Waals surface area contributed by atoms with E-state index in [4.69, 9.17) is 10.5 Å². The quantitative estimate of drug-likeness (QED) is 0.903. The largest absolute Gasteiger partial charge is 0.380 e. The van der Waals surface area contributed by atoms with E-state index in [2.05, 4.69) is 6.92 Å². The van der Waals surface area contributed by atoms with Gasteiger partial charge in [-0.2, -0.15) is 0 Å². The molecular formula is C15H22N2O2. The summed E-state index contributed by atoms with van der Waals surface area (Å²) < 4.78 is 5.10. The molecule has 1 aromatic rings. The molecule has 1 aliphatic heterocycles. The number of hydrogen-bond acceptors (Lipinski definition) is 3. The van der Waals surface area contributed by atoms with Gasteiger partial charge in [0.15, 0.2) is 0 Å². The van der Waals surface area contributed by atoms with Gasteiger partial charge in [0, 0.05) is 31.3 Å². The molecule has 0 spiro atoms. The standard InChI is InChI=1S/C15H22N2O2/c1-11-8-14(16)6-7-17(11)15(18)13-5-3-4-12(9-13)10-19-2/h3-5,9,11,14H,6-8,10,16H2,1-2H3. The van der Waals surface area contributed by atoms with Crippen LogP contribution in [-0.4, -0.2) is 36.5 Å². The van der Waals surface area contributed by atoms with E-state index < -0.39 is 0 Å². The summed E-state index contributed by atoms with van der Waals surface area (Å²) in [6.45, 7) is 3.34. The molecule has 1 heterocycles. The number of ether oxygens (including phenoxy) is 1. The fraction of sp³-hybridized carbons (Fsp3) is 0.533. The Bertz CT molecular complexity index is 448. The molecule has 19 heavy (non-hydrogen) atoms. The molecular weight excluding hydrogens is 240 g/mol. The van der Waals surface area contributed by atoms with E-state index in [-0.39, 0.29) is 18.0 Å². The molecule has 2 N–H and O–H groups in total. The number of carbonyl (C=O) groups excluding carboxylic acids is 1. The summed E-state index contributed by atoms with van der Waals surface area (Å²) in [7, 11) is 1.66. The lowest BCUT2D eigenvalue weighted by Crippen LogP contribution is -2.48. The zero-order valence-electron chi connectivity index (χ0n) is 11.6. The average Bonchev–Trinajstić information content (AvgIpc) is 2.39. The zero-order chi connectivity index (χ0) is 13.8.